The van der Waals surface area contributed by atoms with Crippen molar-refractivity contribution < 1.29 is 13.6 Å². The molecule has 0 bridgehead atoms. The second-order valence-electron chi connectivity index (χ2n) is 4.67. The lowest BCUT2D eigenvalue weighted by Gasteiger charge is -2.19. The lowest BCUT2D eigenvalue weighted by molar-refractivity contribution is 0.208. The van der Waals surface area contributed by atoms with Crippen LogP contribution in [0.25, 0.3) is 6.08 Å². The molecule has 0 radical (unpaired) electrons. The van der Waals surface area contributed by atoms with Crippen LogP contribution in [0.4, 0.5) is 0 Å². The van der Waals surface area contributed by atoms with Gasteiger partial charge in [-0.15, -0.1) is 0 Å². The summed E-state index contributed by atoms with van der Waals surface area (Å²) in [5, 5.41) is 0.621. The number of hydrogen-bond acceptors (Lipinski definition) is 3. The second-order valence-corrected chi connectivity index (χ2v) is 6.69. The van der Waals surface area contributed by atoms with Crippen molar-refractivity contribution in [2.75, 3.05) is 13.2 Å². The fourth-order valence-electron chi connectivity index (χ4n) is 1.64. The summed E-state index contributed by atoms with van der Waals surface area (Å²) in [5.74, 6) is 0. The highest BCUT2D eigenvalue weighted by Crippen LogP contribution is 2.47. The molecule has 0 aromatic heterocycles. The fourth-order valence-corrected chi connectivity index (χ4v) is 3.26. The Labute approximate surface area is 122 Å². The van der Waals surface area contributed by atoms with Gasteiger partial charge in [0.1, 0.15) is 0 Å². The van der Waals surface area contributed by atoms with Gasteiger partial charge in [-0.2, -0.15) is 0 Å². The maximum absolute atomic E-state index is 12.9. The van der Waals surface area contributed by atoms with E-state index >= 15 is 0 Å². The van der Waals surface area contributed by atoms with E-state index in [0.29, 0.717) is 18.5 Å². The molecular formula is C16H25O3P. The smallest absolute Gasteiger partial charge is 0.305 e. The molecule has 20 heavy (non-hydrogen) atoms. The number of unbranched alkanes of at least 4 members (excludes halogenated alkanes) is 2. The Morgan fingerprint density at radius 2 is 1.55 bits per heavy atom. The molecular weight excluding hydrogens is 271 g/mol. The normalized spacial score (nSPS) is 11.5. The largest absolute Gasteiger partial charge is 0.361 e. The van der Waals surface area contributed by atoms with Crippen LogP contribution < -0.4 is 5.30 Å². The molecule has 112 valence electrons. The van der Waals surface area contributed by atoms with Crippen LogP contribution in [0.5, 0.6) is 0 Å². The fraction of sp³-hybridized carbons (Fsp3) is 0.500. The monoisotopic (exact) mass is 296 g/mol. The molecule has 0 saturated heterocycles. The molecule has 0 aliphatic carbocycles. The van der Waals surface area contributed by atoms with E-state index in [0.717, 1.165) is 31.2 Å². The van der Waals surface area contributed by atoms with Gasteiger partial charge in [0.2, 0.25) is 0 Å². The van der Waals surface area contributed by atoms with Gasteiger partial charge in [0.15, 0.2) is 0 Å². The van der Waals surface area contributed by atoms with Crippen LogP contribution >= 0.6 is 7.60 Å². The molecule has 1 rings (SSSR count). The van der Waals surface area contributed by atoms with Gasteiger partial charge >= 0.3 is 7.60 Å². The summed E-state index contributed by atoms with van der Waals surface area (Å²) in [7, 11) is -3.20. The first-order valence-electron chi connectivity index (χ1n) is 7.28. The molecule has 1 aromatic rings. The van der Waals surface area contributed by atoms with E-state index in [1.54, 1.807) is 18.2 Å². The van der Waals surface area contributed by atoms with E-state index in [1.165, 1.54) is 0 Å². The molecule has 1 aromatic carbocycles. The summed E-state index contributed by atoms with van der Waals surface area (Å²) >= 11 is 0. The van der Waals surface area contributed by atoms with Crippen molar-refractivity contribution in [2.24, 2.45) is 0 Å². The van der Waals surface area contributed by atoms with Crippen molar-refractivity contribution in [3.8, 4) is 0 Å². The van der Waals surface area contributed by atoms with Crippen LogP contribution in [-0.4, -0.2) is 13.2 Å². The lowest BCUT2D eigenvalue weighted by atomic mass is 10.2. The average molecular weight is 296 g/mol. The van der Waals surface area contributed by atoms with Crippen molar-refractivity contribution in [3.63, 3.8) is 0 Å². The number of benzene rings is 1. The van der Waals surface area contributed by atoms with Gasteiger partial charge in [-0.1, -0.05) is 51.5 Å². The highest BCUT2D eigenvalue weighted by molar-refractivity contribution is 7.62. The van der Waals surface area contributed by atoms with E-state index in [4.69, 9.17) is 9.05 Å². The number of hydrogen-bond donors (Lipinski definition) is 0. The zero-order valence-corrected chi connectivity index (χ0v) is 13.4. The zero-order chi connectivity index (χ0) is 14.8. The maximum Gasteiger partial charge on any atom is 0.361 e. The van der Waals surface area contributed by atoms with Crippen LogP contribution in [0.3, 0.4) is 0 Å². The van der Waals surface area contributed by atoms with Crippen LogP contribution in [-0.2, 0) is 13.6 Å². The van der Waals surface area contributed by atoms with Crippen molar-refractivity contribution in [1.29, 1.82) is 0 Å². The summed E-state index contributed by atoms with van der Waals surface area (Å²) in [4.78, 5) is 0. The Morgan fingerprint density at radius 1 is 1.05 bits per heavy atom. The summed E-state index contributed by atoms with van der Waals surface area (Å²) in [5.41, 5.74) is 0.988. The zero-order valence-electron chi connectivity index (χ0n) is 12.5. The summed E-state index contributed by atoms with van der Waals surface area (Å²) in [6, 6.07) is 7.36. The molecule has 0 aliphatic heterocycles. The Hall–Kier alpha value is -0.890. The first-order chi connectivity index (χ1) is 9.66. The Balaban J connectivity index is 2.83. The highest BCUT2D eigenvalue weighted by Gasteiger charge is 2.27. The molecule has 0 atom stereocenters. The summed E-state index contributed by atoms with van der Waals surface area (Å²) in [6.45, 7) is 8.78. The molecule has 0 aliphatic rings. The van der Waals surface area contributed by atoms with Gasteiger partial charge in [-0.25, -0.2) is 0 Å². The minimum Gasteiger partial charge on any atom is -0.305 e. The van der Waals surface area contributed by atoms with E-state index in [-0.39, 0.29) is 0 Å². The molecule has 0 spiro atoms. The van der Waals surface area contributed by atoms with Crippen LogP contribution in [0.2, 0.25) is 0 Å². The molecule has 0 unspecified atom stereocenters. The van der Waals surface area contributed by atoms with Gasteiger partial charge in [0.05, 0.1) is 18.5 Å². The molecule has 0 saturated carbocycles. The topological polar surface area (TPSA) is 35.5 Å². The van der Waals surface area contributed by atoms with Crippen LogP contribution in [0, 0.1) is 0 Å². The molecule has 3 nitrogen and oxygen atoms in total. The van der Waals surface area contributed by atoms with Gasteiger partial charge in [-0.3, -0.25) is 4.57 Å². The summed E-state index contributed by atoms with van der Waals surface area (Å²) in [6.07, 6.45) is 5.52. The predicted molar refractivity (Wildman–Crippen MR) is 85.5 cm³/mol. The minimum absolute atomic E-state index is 0.461. The molecule has 0 N–H and O–H groups in total. The second kappa shape index (κ2) is 9.12. The quantitative estimate of drug-likeness (QED) is 0.460. The average Bonchev–Trinajstić information content (AvgIpc) is 2.48. The lowest BCUT2D eigenvalue weighted by Crippen LogP contribution is -2.11. The van der Waals surface area contributed by atoms with Gasteiger partial charge < -0.3 is 9.05 Å². The Morgan fingerprint density at radius 3 is 1.95 bits per heavy atom. The SMILES string of the molecule is C=Cc1ccc(P(=O)(OCCCC)OCCCC)cc1. The van der Waals surface area contributed by atoms with E-state index < -0.39 is 7.60 Å². The Kier molecular flexibility index (Phi) is 7.83. The third kappa shape index (κ3) is 5.24. The van der Waals surface area contributed by atoms with E-state index in [9.17, 15) is 4.57 Å². The molecule has 0 amide bonds. The van der Waals surface area contributed by atoms with Crippen molar-refractivity contribution in [1.82, 2.24) is 0 Å². The van der Waals surface area contributed by atoms with Crippen molar-refractivity contribution in [2.45, 2.75) is 39.5 Å². The van der Waals surface area contributed by atoms with Crippen molar-refractivity contribution in [3.05, 3.63) is 36.4 Å². The third-order valence-electron chi connectivity index (χ3n) is 2.96. The highest BCUT2D eigenvalue weighted by atomic mass is 31.2. The van der Waals surface area contributed by atoms with E-state index in [2.05, 4.69) is 20.4 Å². The van der Waals surface area contributed by atoms with Gasteiger partial charge in [0.25, 0.3) is 0 Å². The standard InChI is InChI=1S/C16H25O3P/c1-4-7-13-18-20(17,19-14-8-5-2)16-11-9-15(6-3)10-12-16/h6,9-12H,3-5,7-8,13-14H2,1-2H3. The molecule has 4 heteroatoms. The minimum atomic E-state index is -3.20. The van der Waals surface area contributed by atoms with Gasteiger partial charge in [0, 0.05) is 0 Å². The first kappa shape index (κ1) is 17.2. The van der Waals surface area contributed by atoms with Gasteiger partial charge in [-0.05, 0) is 30.5 Å². The van der Waals surface area contributed by atoms with Crippen LogP contribution in [0.1, 0.15) is 45.1 Å². The maximum atomic E-state index is 12.9. The first-order valence-corrected chi connectivity index (χ1v) is 8.82. The molecule has 0 heterocycles. The number of rotatable bonds is 10. The third-order valence-corrected chi connectivity index (χ3v) is 4.94. The van der Waals surface area contributed by atoms with Crippen LogP contribution in [0.15, 0.2) is 30.8 Å². The summed E-state index contributed by atoms with van der Waals surface area (Å²) < 4.78 is 24.1. The van der Waals surface area contributed by atoms with E-state index in [1.807, 2.05) is 12.1 Å². The molecule has 0 fully saturated rings. The Bertz CT molecular complexity index is 426. The predicted octanol–water partition coefficient (Wildman–Crippen LogP) is 4.78. The van der Waals surface area contributed by atoms with Crippen molar-refractivity contribution >= 4 is 19.0 Å².